The van der Waals surface area contributed by atoms with E-state index in [1.54, 1.807) is 6.07 Å². The van der Waals surface area contributed by atoms with Gasteiger partial charge in [-0.15, -0.1) is 0 Å². The highest BCUT2D eigenvalue weighted by molar-refractivity contribution is 6.05. The van der Waals surface area contributed by atoms with Crippen molar-refractivity contribution in [1.82, 2.24) is 0 Å². The molecule has 2 fully saturated rings. The molecule has 1 spiro atoms. The van der Waals surface area contributed by atoms with Crippen molar-refractivity contribution < 1.29 is 19.2 Å². The summed E-state index contributed by atoms with van der Waals surface area (Å²) in [5, 5.41) is 2.98. The molecule has 2 saturated heterocycles. The number of methoxy groups -OCH3 is 1. The number of anilines is 2. The number of hydrogen-bond donors (Lipinski definition) is 3. The highest BCUT2D eigenvalue weighted by Gasteiger charge is 2.67. The molecule has 1 unspecified atom stereocenters. The second kappa shape index (κ2) is 4.46. The molecule has 6 heteroatoms. The minimum Gasteiger partial charge on any atom is -0.469 e. The molecule has 0 bridgehead atoms. The molecule has 0 saturated carbocycles. The third kappa shape index (κ3) is 1.53. The average molecular weight is 302 g/mol. The Labute approximate surface area is 128 Å². The second-order valence-corrected chi connectivity index (χ2v) is 6.52. The SMILES string of the molecule is COC(=O)[C@@H]1C[C@@]2(C(=O)Nc3ccc(N)cc32)[NH+]2CCC[C@@H]12. The van der Waals surface area contributed by atoms with Gasteiger partial charge in [0.15, 0.2) is 0 Å². The molecule has 4 atom stereocenters. The van der Waals surface area contributed by atoms with Crippen molar-refractivity contribution in [2.45, 2.75) is 30.8 Å². The molecule has 6 nitrogen and oxygen atoms in total. The number of carbonyl (C=O) groups is 2. The Balaban J connectivity index is 1.86. The van der Waals surface area contributed by atoms with Crippen LogP contribution < -0.4 is 16.0 Å². The van der Waals surface area contributed by atoms with Gasteiger partial charge in [0.1, 0.15) is 12.0 Å². The summed E-state index contributed by atoms with van der Waals surface area (Å²) in [6.07, 6.45) is 2.49. The molecule has 1 aromatic carbocycles. The summed E-state index contributed by atoms with van der Waals surface area (Å²) in [4.78, 5) is 26.2. The van der Waals surface area contributed by atoms with Gasteiger partial charge in [0.25, 0.3) is 5.91 Å². The van der Waals surface area contributed by atoms with Crippen LogP contribution in [0, 0.1) is 5.92 Å². The lowest BCUT2D eigenvalue weighted by Gasteiger charge is -2.29. The topological polar surface area (TPSA) is 85.9 Å². The minimum absolute atomic E-state index is 0.0126. The molecule has 116 valence electrons. The van der Waals surface area contributed by atoms with E-state index in [0.717, 1.165) is 30.6 Å². The molecule has 3 aliphatic heterocycles. The number of amides is 1. The van der Waals surface area contributed by atoms with Crippen LogP contribution in [0.5, 0.6) is 0 Å². The van der Waals surface area contributed by atoms with Gasteiger partial charge in [-0.25, -0.2) is 0 Å². The molecule has 3 aliphatic rings. The fraction of sp³-hybridized carbons (Fsp3) is 0.500. The Hall–Kier alpha value is -2.08. The summed E-state index contributed by atoms with van der Waals surface area (Å²) >= 11 is 0. The van der Waals surface area contributed by atoms with E-state index in [-0.39, 0.29) is 23.8 Å². The third-order valence-corrected chi connectivity index (χ3v) is 5.61. The highest BCUT2D eigenvalue weighted by Crippen LogP contribution is 2.44. The third-order valence-electron chi connectivity index (χ3n) is 5.61. The van der Waals surface area contributed by atoms with E-state index in [2.05, 4.69) is 5.32 Å². The molecular formula is C16H20N3O3+. The van der Waals surface area contributed by atoms with E-state index >= 15 is 0 Å². The molecule has 4 N–H and O–H groups in total. The summed E-state index contributed by atoms with van der Waals surface area (Å²) in [6.45, 7) is 0.903. The number of nitrogen functional groups attached to an aromatic ring is 1. The molecule has 0 aliphatic carbocycles. The van der Waals surface area contributed by atoms with Crippen molar-refractivity contribution in [3.8, 4) is 0 Å². The normalized spacial score (nSPS) is 35.3. The van der Waals surface area contributed by atoms with Gasteiger partial charge in [-0.05, 0) is 18.2 Å². The van der Waals surface area contributed by atoms with Gasteiger partial charge in [0.2, 0.25) is 5.54 Å². The van der Waals surface area contributed by atoms with Crippen LogP contribution in [-0.2, 0) is 19.9 Å². The minimum atomic E-state index is -0.690. The Bertz CT molecular complexity index is 675. The number of carbonyl (C=O) groups excluding carboxylic acids is 2. The molecule has 1 amide bonds. The largest absolute Gasteiger partial charge is 0.469 e. The lowest BCUT2D eigenvalue weighted by atomic mass is 9.84. The van der Waals surface area contributed by atoms with E-state index in [1.807, 2.05) is 12.1 Å². The number of hydrogen-bond acceptors (Lipinski definition) is 4. The number of quaternary nitrogens is 1. The van der Waals surface area contributed by atoms with E-state index in [4.69, 9.17) is 10.5 Å². The molecule has 0 radical (unpaired) electrons. The standard InChI is InChI=1S/C16H19N3O3/c1-22-14(20)10-8-16(19-6-2-3-13(10)19)11-7-9(17)4-5-12(11)18-15(16)21/h4-5,7,10,13H,2-3,6,8,17H2,1H3,(H,18,21)/p+1/t10-,13+,16-/m1/s1. The van der Waals surface area contributed by atoms with Crippen LogP contribution in [0.4, 0.5) is 11.4 Å². The average Bonchev–Trinajstić information content (AvgIpc) is 3.15. The number of nitrogens with one attached hydrogen (secondary N) is 2. The lowest BCUT2D eigenvalue weighted by molar-refractivity contribution is -0.947. The van der Waals surface area contributed by atoms with Gasteiger partial charge in [-0.1, -0.05) is 0 Å². The maximum absolute atomic E-state index is 12.8. The number of esters is 1. The number of benzene rings is 1. The first-order chi connectivity index (χ1) is 10.6. The molecule has 4 rings (SSSR count). The molecule has 0 aromatic heterocycles. The maximum atomic E-state index is 12.8. The van der Waals surface area contributed by atoms with Crippen LogP contribution >= 0.6 is 0 Å². The van der Waals surface area contributed by atoms with Gasteiger partial charge in [-0.3, -0.25) is 9.59 Å². The molecule has 22 heavy (non-hydrogen) atoms. The van der Waals surface area contributed by atoms with Gasteiger partial charge in [0.05, 0.1) is 19.3 Å². The van der Waals surface area contributed by atoms with Crippen molar-refractivity contribution in [2.75, 3.05) is 24.7 Å². The quantitative estimate of drug-likeness (QED) is 0.489. The van der Waals surface area contributed by atoms with Gasteiger partial charge in [-0.2, -0.15) is 0 Å². The first-order valence-corrected chi connectivity index (χ1v) is 7.73. The van der Waals surface area contributed by atoms with Gasteiger partial charge in [0, 0.05) is 30.5 Å². The molecule has 3 heterocycles. The van der Waals surface area contributed by atoms with Crippen molar-refractivity contribution in [3.63, 3.8) is 0 Å². The zero-order valence-corrected chi connectivity index (χ0v) is 12.5. The van der Waals surface area contributed by atoms with Crippen LogP contribution in [0.1, 0.15) is 24.8 Å². The number of nitrogens with two attached hydrogens (primary N) is 1. The van der Waals surface area contributed by atoms with Crippen LogP contribution in [0.3, 0.4) is 0 Å². The predicted molar refractivity (Wildman–Crippen MR) is 80.1 cm³/mol. The Kier molecular flexibility index (Phi) is 2.75. The first kappa shape index (κ1) is 13.6. The van der Waals surface area contributed by atoms with Crippen LogP contribution in [0.25, 0.3) is 0 Å². The smallest absolute Gasteiger partial charge is 0.315 e. The maximum Gasteiger partial charge on any atom is 0.315 e. The van der Waals surface area contributed by atoms with Gasteiger partial charge < -0.3 is 20.7 Å². The van der Waals surface area contributed by atoms with Crippen molar-refractivity contribution in [3.05, 3.63) is 23.8 Å². The Morgan fingerprint density at radius 3 is 3.09 bits per heavy atom. The second-order valence-electron chi connectivity index (χ2n) is 6.52. The summed E-state index contributed by atoms with van der Waals surface area (Å²) < 4.78 is 4.98. The lowest BCUT2D eigenvalue weighted by Crippen LogP contribution is -3.19. The van der Waals surface area contributed by atoms with Gasteiger partial charge >= 0.3 is 5.97 Å². The predicted octanol–water partition coefficient (Wildman–Crippen LogP) is -0.344. The highest BCUT2D eigenvalue weighted by atomic mass is 16.5. The summed E-state index contributed by atoms with van der Waals surface area (Å²) in [5.41, 5.74) is 7.66. The van der Waals surface area contributed by atoms with Crippen molar-refractivity contribution in [1.29, 1.82) is 0 Å². The number of rotatable bonds is 1. The van der Waals surface area contributed by atoms with E-state index < -0.39 is 5.54 Å². The van der Waals surface area contributed by atoms with Crippen LogP contribution in [0.2, 0.25) is 0 Å². The Morgan fingerprint density at radius 2 is 2.32 bits per heavy atom. The summed E-state index contributed by atoms with van der Waals surface area (Å²) in [5.74, 6) is -0.437. The monoisotopic (exact) mass is 302 g/mol. The molecular weight excluding hydrogens is 282 g/mol. The molecule has 1 aromatic rings. The fourth-order valence-corrected chi connectivity index (χ4v) is 4.74. The fourth-order valence-electron chi connectivity index (χ4n) is 4.74. The van der Waals surface area contributed by atoms with E-state index in [9.17, 15) is 9.59 Å². The zero-order chi connectivity index (χ0) is 15.5. The Morgan fingerprint density at radius 1 is 1.50 bits per heavy atom. The zero-order valence-electron chi connectivity index (χ0n) is 12.5. The number of fused-ring (bicyclic) bond motifs is 4. The van der Waals surface area contributed by atoms with Crippen molar-refractivity contribution >= 4 is 23.3 Å². The first-order valence-electron chi connectivity index (χ1n) is 7.73. The van der Waals surface area contributed by atoms with Crippen LogP contribution in [0.15, 0.2) is 18.2 Å². The summed E-state index contributed by atoms with van der Waals surface area (Å²) in [7, 11) is 1.42. The van der Waals surface area contributed by atoms with E-state index in [1.165, 1.54) is 12.0 Å². The number of ether oxygens (including phenoxy) is 1. The summed E-state index contributed by atoms with van der Waals surface area (Å²) in [6, 6.07) is 5.69. The van der Waals surface area contributed by atoms with Crippen LogP contribution in [-0.4, -0.2) is 31.6 Å². The van der Waals surface area contributed by atoms with Crippen molar-refractivity contribution in [2.24, 2.45) is 5.92 Å². The van der Waals surface area contributed by atoms with E-state index in [0.29, 0.717) is 12.1 Å².